The Morgan fingerprint density at radius 2 is 2.04 bits per heavy atom. The van der Waals surface area contributed by atoms with Gasteiger partial charge in [-0.3, -0.25) is 14.9 Å². The van der Waals surface area contributed by atoms with Crippen molar-refractivity contribution in [3.63, 3.8) is 0 Å². The third-order valence-corrected chi connectivity index (χ3v) is 5.67. The third kappa shape index (κ3) is 3.91. The number of imide groups is 1. The molecule has 3 unspecified atom stereocenters. The Morgan fingerprint density at radius 3 is 2.67 bits per heavy atom. The second-order valence-corrected chi connectivity index (χ2v) is 7.61. The van der Waals surface area contributed by atoms with Crippen LogP contribution in [0.2, 0.25) is 0 Å². The summed E-state index contributed by atoms with van der Waals surface area (Å²) in [6.07, 6.45) is 3.81. The molecule has 0 radical (unpaired) electrons. The highest BCUT2D eigenvalue weighted by molar-refractivity contribution is 8.14. The molecule has 1 fully saturated rings. The van der Waals surface area contributed by atoms with E-state index in [-0.39, 0.29) is 16.9 Å². The van der Waals surface area contributed by atoms with E-state index in [1.165, 1.54) is 16.7 Å². The van der Waals surface area contributed by atoms with Crippen LogP contribution < -0.4 is 5.32 Å². The molecule has 2 heterocycles. The Labute approximate surface area is 147 Å². The monoisotopic (exact) mass is 354 g/mol. The number of hydrogen-bond acceptors (Lipinski definition) is 6. The molecule has 0 aliphatic carbocycles. The maximum Gasteiger partial charge on any atom is 0.325 e. The van der Waals surface area contributed by atoms with Crippen molar-refractivity contribution in [1.82, 2.24) is 15.1 Å². The molecule has 3 amide bonds. The Balaban J connectivity index is 2.18. The minimum Gasteiger partial charge on any atom is -0.336 e. The Bertz CT molecular complexity index is 551. The van der Waals surface area contributed by atoms with Gasteiger partial charge in [0.05, 0.1) is 5.25 Å². The van der Waals surface area contributed by atoms with Crippen molar-refractivity contribution in [3.8, 4) is 0 Å². The zero-order valence-electron chi connectivity index (χ0n) is 14.7. The largest absolute Gasteiger partial charge is 0.336 e. The van der Waals surface area contributed by atoms with Crippen LogP contribution in [-0.4, -0.2) is 63.7 Å². The zero-order chi connectivity index (χ0) is 17.9. The smallest absolute Gasteiger partial charge is 0.325 e. The van der Waals surface area contributed by atoms with Crippen molar-refractivity contribution in [2.75, 3.05) is 13.6 Å². The van der Waals surface area contributed by atoms with Gasteiger partial charge in [0.15, 0.2) is 17.4 Å². The fourth-order valence-electron chi connectivity index (χ4n) is 2.78. The molecule has 1 N–H and O–H groups in total. The molecule has 0 bridgehead atoms. The van der Waals surface area contributed by atoms with E-state index in [4.69, 9.17) is 0 Å². The maximum atomic E-state index is 12.3. The molecule has 8 heteroatoms. The van der Waals surface area contributed by atoms with Crippen molar-refractivity contribution < 1.29 is 14.4 Å². The minimum absolute atomic E-state index is 0.0670. The van der Waals surface area contributed by atoms with E-state index in [0.717, 1.165) is 25.7 Å². The Morgan fingerprint density at radius 1 is 1.33 bits per heavy atom. The van der Waals surface area contributed by atoms with Gasteiger partial charge in [0.2, 0.25) is 0 Å². The lowest BCUT2D eigenvalue weighted by molar-refractivity contribution is -0.127. The van der Waals surface area contributed by atoms with Crippen LogP contribution in [-0.2, 0) is 9.59 Å². The number of nitrogens with one attached hydrogen (secondary N) is 1. The maximum absolute atomic E-state index is 12.3. The summed E-state index contributed by atoms with van der Waals surface area (Å²) in [5.74, 6) is -0.245. The van der Waals surface area contributed by atoms with Crippen LogP contribution in [0.5, 0.6) is 0 Å². The molecule has 2 rings (SSSR count). The molecule has 1 saturated heterocycles. The van der Waals surface area contributed by atoms with Gasteiger partial charge in [0.1, 0.15) is 5.78 Å². The van der Waals surface area contributed by atoms with Gasteiger partial charge in [-0.2, -0.15) is 0 Å². The summed E-state index contributed by atoms with van der Waals surface area (Å²) in [6.45, 7) is 6.24. The number of aliphatic imine (C=N–C) groups is 1. The molecule has 3 atom stereocenters. The summed E-state index contributed by atoms with van der Waals surface area (Å²) in [6, 6.07) is -0.933. The van der Waals surface area contributed by atoms with E-state index in [9.17, 15) is 14.4 Å². The number of carbonyl (C=O) groups is 3. The highest BCUT2D eigenvalue weighted by Gasteiger charge is 2.48. The molecule has 2 aliphatic heterocycles. The molecule has 0 aromatic carbocycles. The van der Waals surface area contributed by atoms with Gasteiger partial charge < -0.3 is 9.80 Å². The number of amidine groups is 1. The summed E-state index contributed by atoms with van der Waals surface area (Å²) in [5.41, 5.74) is 0. The molecule has 0 saturated carbocycles. The Hall–Kier alpha value is -1.57. The van der Waals surface area contributed by atoms with Crippen molar-refractivity contribution in [2.45, 2.75) is 63.9 Å². The number of ketones is 1. The summed E-state index contributed by atoms with van der Waals surface area (Å²) >= 11 is 1.37. The predicted molar refractivity (Wildman–Crippen MR) is 94.9 cm³/mol. The number of rotatable bonds is 7. The van der Waals surface area contributed by atoms with Gasteiger partial charge in [0, 0.05) is 13.6 Å². The number of amides is 3. The summed E-state index contributed by atoms with van der Waals surface area (Å²) in [7, 11) is 1.64. The quantitative estimate of drug-likeness (QED) is 0.705. The number of Topliss-reactive ketones (excluding diaryl/α,β-unsaturated/α-hetero) is 1. The molecule has 0 aromatic heterocycles. The number of nitrogens with zero attached hydrogens (tertiary/aromatic N) is 3. The number of hydrogen-bond donors (Lipinski definition) is 1. The third-order valence-electron chi connectivity index (χ3n) is 4.43. The van der Waals surface area contributed by atoms with Gasteiger partial charge in [-0.05, 0) is 20.3 Å². The molecular formula is C16H26N4O3S. The lowest BCUT2D eigenvalue weighted by atomic mass is 10.1. The van der Waals surface area contributed by atoms with Crippen LogP contribution in [0.25, 0.3) is 0 Å². The fourth-order valence-corrected chi connectivity index (χ4v) is 3.77. The average molecular weight is 354 g/mol. The normalized spacial score (nSPS) is 24.6. The molecule has 134 valence electrons. The van der Waals surface area contributed by atoms with Gasteiger partial charge in [-0.15, -0.1) is 0 Å². The summed E-state index contributed by atoms with van der Waals surface area (Å²) in [5, 5.41) is 2.84. The molecule has 24 heavy (non-hydrogen) atoms. The second-order valence-electron chi connectivity index (χ2n) is 6.30. The highest BCUT2D eigenvalue weighted by atomic mass is 32.2. The Kier molecular flexibility index (Phi) is 6.26. The number of likely N-dealkylation sites (N-methyl/N-ethyl adjacent to an activating group) is 1. The number of unbranched alkanes of at least 4 members (excludes halogenated alkanes) is 3. The fraction of sp³-hybridized carbons (Fsp3) is 0.750. The van der Waals surface area contributed by atoms with Gasteiger partial charge in [0.25, 0.3) is 5.91 Å². The van der Waals surface area contributed by atoms with E-state index in [2.05, 4.69) is 17.2 Å². The lowest BCUT2D eigenvalue weighted by Crippen LogP contribution is -2.63. The van der Waals surface area contributed by atoms with Crippen LogP contribution in [0.1, 0.15) is 46.5 Å². The minimum atomic E-state index is -0.515. The van der Waals surface area contributed by atoms with Crippen LogP contribution in [0.4, 0.5) is 4.79 Å². The first-order valence-electron chi connectivity index (χ1n) is 8.46. The zero-order valence-corrected chi connectivity index (χ0v) is 15.6. The highest BCUT2D eigenvalue weighted by Crippen LogP contribution is 2.30. The SMILES string of the molecule is CCCCCCN1C(SC(C)C(C)=O)=NC2C1C(=O)NC(=O)N2C. The first kappa shape index (κ1) is 18.8. The summed E-state index contributed by atoms with van der Waals surface area (Å²) < 4.78 is 0. The van der Waals surface area contributed by atoms with Crippen molar-refractivity contribution in [3.05, 3.63) is 0 Å². The number of urea groups is 1. The van der Waals surface area contributed by atoms with Crippen LogP contribution in [0.15, 0.2) is 4.99 Å². The van der Waals surface area contributed by atoms with Crippen molar-refractivity contribution in [1.29, 1.82) is 0 Å². The van der Waals surface area contributed by atoms with E-state index in [1.807, 2.05) is 11.8 Å². The molecule has 0 aromatic rings. The average Bonchev–Trinajstić information content (AvgIpc) is 2.88. The van der Waals surface area contributed by atoms with E-state index >= 15 is 0 Å². The summed E-state index contributed by atoms with van der Waals surface area (Å²) in [4.78, 5) is 43.8. The first-order chi connectivity index (χ1) is 11.4. The van der Waals surface area contributed by atoms with Gasteiger partial charge >= 0.3 is 6.03 Å². The van der Waals surface area contributed by atoms with Crippen molar-refractivity contribution in [2.24, 2.45) is 4.99 Å². The van der Waals surface area contributed by atoms with E-state index in [0.29, 0.717) is 11.7 Å². The van der Waals surface area contributed by atoms with Gasteiger partial charge in [-0.1, -0.05) is 37.9 Å². The molecule has 7 nitrogen and oxygen atoms in total. The predicted octanol–water partition coefficient (Wildman–Crippen LogP) is 1.83. The first-order valence-corrected chi connectivity index (χ1v) is 9.34. The molecule has 2 aliphatic rings. The van der Waals surface area contributed by atoms with Gasteiger partial charge in [-0.25, -0.2) is 9.79 Å². The van der Waals surface area contributed by atoms with Crippen LogP contribution in [0, 0.1) is 0 Å². The topological polar surface area (TPSA) is 82.1 Å². The second kappa shape index (κ2) is 8.00. The standard InChI is InChI=1S/C16H26N4O3S/c1-5-6-7-8-9-20-12-13(19(4)15(23)18-14(12)22)17-16(20)24-11(3)10(2)21/h11-13H,5-9H2,1-4H3,(H,18,22,23). The number of thioether (sulfide) groups is 1. The lowest BCUT2D eigenvalue weighted by Gasteiger charge is -2.36. The van der Waals surface area contributed by atoms with Crippen LogP contribution >= 0.6 is 11.8 Å². The molecule has 0 spiro atoms. The van der Waals surface area contributed by atoms with E-state index in [1.54, 1.807) is 14.0 Å². The van der Waals surface area contributed by atoms with E-state index < -0.39 is 18.2 Å². The number of carbonyl (C=O) groups excluding carboxylic acids is 3. The van der Waals surface area contributed by atoms with Crippen LogP contribution in [0.3, 0.4) is 0 Å². The molecular weight excluding hydrogens is 328 g/mol. The van der Waals surface area contributed by atoms with Crippen molar-refractivity contribution >= 4 is 34.7 Å². The number of fused-ring (bicyclic) bond motifs is 1.